The van der Waals surface area contributed by atoms with Crippen LogP contribution in [0.1, 0.15) is 21.9 Å². The summed E-state index contributed by atoms with van der Waals surface area (Å²) in [5.74, 6) is 1.36. The molecule has 1 N–H and O–H groups in total. The molecule has 0 aliphatic heterocycles. The average molecular weight is 329 g/mol. The second kappa shape index (κ2) is 5.59. The van der Waals surface area contributed by atoms with E-state index < -0.39 is 0 Å². The van der Waals surface area contributed by atoms with Crippen LogP contribution in [0.3, 0.4) is 0 Å². The van der Waals surface area contributed by atoms with Gasteiger partial charge in [0.15, 0.2) is 0 Å². The van der Waals surface area contributed by atoms with Crippen LogP contribution >= 0.6 is 27.5 Å². The molecule has 0 bridgehead atoms. The monoisotopic (exact) mass is 327 g/mol. The van der Waals surface area contributed by atoms with Gasteiger partial charge in [-0.2, -0.15) is 0 Å². The maximum absolute atomic E-state index is 11.9. The van der Waals surface area contributed by atoms with Gasteiger partial charge in [-0.05, 0) is 37.3 Å². The number of benzene rings is 1. The molecule has 2 rings (SSSR count). The van der Waals surface area contributed by atoms with Gasteiger partial charge in [-0.15, -0.1) is 0 Å². The Bertz CT molecular complexity index is 560. The summed E-state index contributed by atoms with van der Waals surface area (Å²) in [4.78, 5) is 11.9. The van der Waals surface area contributed by atoms with Gasteiger partial charge in [0.1, 0.15) is 11.5 Å². The number of rotatable bonds is 3. The highest BCUT2D eigenvalue weighted by Gasteiger charge is 2.08. The number of hydrogen-bond acceptors (Lipinski definition) is 2. The molecule has 1 amide bonds. The van der Waals surface area contributed by atoms with E-state index in [9.17, 15) is 4.79 Å². The summed E-state index contributed by atoms with van der Waals surface area (Å²) < 4.78 is 6.14. The Morgan fingerprint density at radius 2 is 2.17 bits per heavy atom. The molecule has 0 unspecified atom stereocenters. The molecule has 18 heavy (non-hydrogen) atoms. The van der Waals surface area contributed by atoms with Crippen molar-refractivity contribution >= 4 is 33.4 Å². The Morgan fingerprint density at radius 3 is 2.78 bits per heavy atom. The fourth-order valence-corrected chi connectivity index (χ4v) is 2.39. The van der Waals surface area contributed by atoms with Crippen molar-refractivity contribution in [2.24, 2.45) is 0 Å². The van der Waals surface area contributed by atoms with Crippen LogP contribution < -0.4 is 5.32 Å². The third-order valence-electron chi connectivity index (χ3n) is 2.34. The molecule has 5 heteroatoms. The van der Waals surface area contributed by atoms with E-state index in [1.165, 1.54) is 0 Å². The van der Waals surface area contributed by atoms with E-state index in [0.717, 1.165) is 16.0 Å². The first-order valence-corrected chi connectivity index (χ1v) is 6.51. The summed E-state index contributed by atoms with van der Waals surface area (Å²) in [7, 11) is 0. The van der Waals surface area contributed by atoms with Crippen LogP contribution in [0.5, 0.6) is 0 Å². The molecule has 0 radical (unpaired) electrons. The molecule has 94 valence electrons. The molecule has 3 nitrogen and oxygen atoms in total. The van der Waals surface area contributed by atoms with Gasteiger partial charge < -0.3 is 9.73 Å². The van der Waals surface area contributed by atoms with Crippen molar-refractivity contribution < 1.29 is 9.21 Å². The molecule has 1 aromatic carbocycles. The first kappa shape index (κ1) is 13.2. The third kappa shape index (κ3) is 3.37. The maximum atomic E-state index is 11.9. The zero-order chi connectivity index (χ0) is 13.1. The Hall–Kier alpha value is -1.26. The normalized spacial score (nSPS) is 10.4. The van der Waals surface area contributed by atoms with Gasteiger partial charge in [0, 0.05) is 15.1 Å². The lowest BCUT2D eigenvalue weighted by molar-refractivity contribution is 0.0948. The topological polar surface area (TPSA) is 42.2 Å². The second-order valence-electron chi connectivity index (χ2n) is 3.85. The Balaban J connectivity index is 2.03. The predicted molar refractivity (Wildman–Crippen MR) is 73.8 cm³/mol. The van der Waals surface area contributed by atoms with Crippen molar-refractivity contribution in [2.45, 2.75) is 13.5 Å². The molecule has 0 aliphatic carbocycles. The summed E-state index contributed by atoms with van der Waals surface area (Å²) in [6.45, 7) is 2.22. The van der Waals surface area contributed by atoms with Gasteiger partial charge >= 0.3 is 0 Å². The fraction of sp³-hybridized carbons (Fsp3) is 0.154. The Labute approximate surface area is 118 Å². The lowest BCUT2D eigenvalue weighted by atomic mass is 10.2. The maximum Gasteiger partial charge on any atom is 0.251 e. The summed E-state index contributed by atoms with van der Waals surface area (Å²) in [5, 5.41) is 3.29. The highest BCUT2D eigenvalue weighted by molar-refractivity contribution is 9.10. The predicted octanol–water partition coefficient (Wildman–Crippen LogP) is 3.93. The minimum absolute atomic E-state index is 0.188. The Kier molecular flexibility index (Phi) is 4.09. The summed E-state index contributed by atoms with van der Waals surface area (Å²) in [6, 6.07) is 8.76. The molecule has 0 saturated heterocycles. The van der Waals surface area contributed by atoms with Crippen molar-refractivity contribution in [2.75, 3.05) is 0 Å². The third-order valence-corrected chi connectivity index (χ3v) is 3.02. The Morgan fingerprint density at radius 1 is 1.39 bits per heavy atom. The summed E-state index contributed by atoms with van der Waals surface area (Å²) in [5.41, 5.74) is 0.512. The number of aryl methyl sites for hydroxylation is 1. The molecule has 0 fully saturated rings. The number of amides is 1. The minimum Gasteiger partial charge on any atom is -0.465 e. The van der Waals surface area contributed by atoms with Crippen LogP contribution in [0.2, 0.25) is 5.02 Å². The van der Waals surface area contributed by atoms with Gasteiger partial charge in [-0.3, -0.25) is 4.79 Å². The number of hydrogen-bond donors (Lipinski definition) is 1. The van der Waals surface area contributed by atoms with Gasteiger partial charge in [0.2, 0.25) is 0 Å². The van der Waals surface area contributed by atoms with Crippen molar-refractivity contribution in [1.29, 1.82) is 0 Å². The van der Waals surface area contributed by atoms with Gasteiger partial charge in [0.25, 0.3) is 5.91 Å². The smallest absolute Gasteiger partial charge is 0.251 e. The van der Waals surface area contributed by atoms with E-state index in [4.69, 9.17) is 16.0 Å². The SMILES string of the molecule is Cc1ccc(CNC(=O)c2cc(Cl)cc(Br)c2)o1. The van der Waals surface area contributed by atoms with E-state index in [1.807, 2.05) is 19.1 Å². The van der Waals surface area contributed by atoms with E-state index in [-0.39, 0.29) is 5.91 Å². The van der Waals surface area contributed by atoms with Crippen molar-refractivity contribution in [3.05, 3.63) is 56.9 Å². The number of carbonyl (C=O) groups excluding carboxylic acids is 1. The second-order valence-corrected chi connectivity index (χ2v) is 5.21. The molecular weight excluding hydrogens is 318 g/mol. The van der Waals surface area contributed by atoms with Crippen LogP contribution in [0, 0.1) is 6.92 Å². The number of halogens is 2. The molecule has 1 aromatic heterocycles. The van der Waals surface area contributed by atoms with Crippen molar-refractivity contribution in [3.8, 4) is 0 Å². The number of nitrogens with one attached hydrogen (secondary N) is 1. The average Bonchev–Trinajstić information content (AvgIpc) is 2.70. The zero-order valence-corrected chi connectivity index (χ0v) is 12.0. The van der Waals surface area contributed by atoms with Crippen molar-refractivity contribution in [3.63, 3.8) is 0 Å². The highest BCUT2D eigenvalue weighted by Crippen LogP contribution is 2.19. The number of carbonyl (C=O) groups is 1. The van der Waals surface area contributed by atoms with Crippen LogP contribution in [0.25, 0.3) is 0 Å². The largest absolute Gasteiger partial charge is 0.465 e. The van der Waals surface area contributed by atoms with Crippen LogP contribution in [-0.2, 0) is 6.54 Å². The first-order valence-electron chi connectivity index (χ1n) is 5.34. The van der Waals surface area contributed by atoms with E-state index >= 15 is 0 Å². The van der Waals surface area contributed by atoms with E-state index in [1.54, 1.807) is 18.2 Å². The number of furan rings is 1. The quantitative estimate of drug-likeness (QED) is 0.927. The molecule has 0 spiro atoms. The van der Waals surface area contributed by atoms with Crippen molar-refractivity contribution in [1.82, 2.24) is 5.32 Å². The van der Waals surface area contributed by atoms with Gasteiger partial charge in [-0.1, -0.05) is 27.5 Å². The van der Waals surface area contributed by atoms with Crippen LogP contribution in [-0.4, -0.2) is 5.91 Å². The summed E-state index contributed by atoms with van der Waals surface area (Å²) >= 11 is 9.18. The molecule has 0 saturated carbocycles. The highest BCUT2D eigenvalue weighted by atomic mass is 79.9. The lowest BCUT2D eigenvalue weighted by Crippen LogP contribution is -2.22. The van der Waals surface area contributed by atoms with Gasteiger partial charge in [-0.25, -0.2) is 0 Å². The van der Waals surface area contributed by atoms with E-state index in [0.29, 0.717) is 17.1 Å². The van der Waals surface area contributed by atoms with E-state index in [2.05, 4.69) is 21.2 Å². The van der Waals surface area contributed by atoms with Crippen LogP contribution in [0.15, 0.2) is 39.2 Å². The minimum atomic E-state index is -0.188. The lowest BCUT2D eigenvalue weighted by Gasteiger charge is -2.04. The molecule has 0 atom stereocenters. The fourth-order valence-electron chi connectivity index (χ4n) is 1.53. The molecule has 0 aliphatic rings. The molecule has 2 aromatic rings. The van der Waals surface area contributed by atoms with Crippen LogP contribution in [0.4, 0.5) is 0 Å². The standard InChI is InChI=1S/C13H11BrClNO2/c1-8-2-3-12(18-8)7-16-13(17)9-4-10(14)6-11(15)5-9/h2-6H,7H2,1H3,(H,16,17). The first-order chi connectivity index (χ1) is 8.54. The molecular formula is C13H11BrClNO2. The molecule has 1 heterocycles. The zero-order valence-electron chi connectivity index (χ0n) is 9.67. The van der Waals surface area contributed by atoms with Gasteiger partial charge in [0.05, 0.1) is 6.54 Å². The summed E-state index contributed by atoms with van der Waals surface area (Å²) in [6.07, 6.45) is 0.